The maximum absolute atomic E-state index is 13.5. The van der Waals surface area contributed by atoms with Gasteiger partial charge in [0.25, 0.3) is 11.5 Å². The van der Waals surface area contributed by atoms with Crippen molar-refractivity contribution in [2.45, 2.75) is 18.0 Å². The fourth-order valence-electron chi connectivity index (χ4n) is 4.35. The SMILES string of the molecule is CCOC(=O)c1nn(-c2ccc(C(F)(F)F)cc2)c(=O)c2c(NC(=O)c3ccc(S(=O)(=O)N4CCOCC4)cc3)scc12. The fraction of sp³-hybridized carbons (Fsp3) is 0.259. The van der Waals surface area contributed by atoms with E-state index in [2.05, 4.69) is 10.4 Å². The minimum atomic E-state index is -4.60. The third-order valence-corrected chi connectivity index (χ3v) is 9.32. The van der Waals surface area contributed by atoms with Crippen molar-refractivity contribution < 1.29 is 40.7 Å². The molecule has 1 fully saturated rings. The molecule has 2 aromatic carbocycles. The van der Waals surface area contributed by atoms with Crippen molar-refractivity contribution >= 4 is 49.0 Å². The van der Waals surface area contributed by atoms with Gasteiger partial charge in [-0.25, -0.2) is 13.2 Å². The zero-order valence-electron chi connectivity index (χ0n) is 22.4. The van der Waals surface area contributed by atoms with Crippen LogP contribution in [0, 0.1) is 0 Å². The molecule has 43 heavy (non-hydrogen) atoms. The molecule has 1 amide bonds. The number of aromatic nitrogens is 2. The lowest BCUT2D eigenvalue weighted by atomic mass is 10.2. The van der Waals surface area contributed by atoms with Crippen molar-refractivity contribution in [1.82, 2.24) is 14.1 Å². The molecule has 4 aromatic rings. The van der Waals surface area contributed by atoms with E-state index in [1.807, 2.05) is 0 Å². The normalized spacial score (nSPS) is 14.5. The number of anilines is 1. The molecule has 1 aliphatic rings. The van der Waals surface area contributed by atoms with Gasteiger partial charge in [0.05, 0.1) is 41.4 Å². The van der Waals surface area contributed by atoms with Gasteiger partial charge in [0.1, 0.15) is 5.00 Å². The molecule has 0 aliphatic carbocycles. The highest BCUT2D eigenvalue weighted by Gasteiger charge is 2.31. The number of hydrogen-bond donors (Lipinski definition) is 1. The van der Waals surface area contributed by atoms with Gasteiger partial charge in [-0.15, -0.1) is 11.3 Å². The zero-order chi connectivity index (χ0) is 30.9. The first kappa shape index (κ1) is 30.3. The predicted molar refractivity (Wildman–Crippen MR) is 150 cm³/mol. The number of alkyl halides is 3. The summed E-state index contributed by atoms with van der Waals surface area (Å²) >= 11 is 0.929. The van der Waals surface area contributed by atoms with Crippen molar-refractivity contribution in [2.24, 2.45) is 0 Å². The number of halogens is 3. The van der Waals surface area contributed by atoms with E-state index < -0.39 is 39.2 Å². The number of esters is 1. The molecule has 1 aliphatic heterocycles. The van der Waals surface area contributed by atoms with Gasteiger partial charge >= 0.3 is 12.1 Å². The average molecular weight is 637 g/mol. The number of carbonyl (C=O) groups is 2. The van der Waals surface area contributed by atoms with Crippen LogP contribution in [0.1, 0.15) is 33.3 Å². The van der Waals surface area contributed by atoms with E-state index in [0.717, 1.165) is 40.3 Å². The number of amides is 1. The number of nitrogens with zero attached hydrogens (tertiary/aromatic N) is 3. The number of fused-ring (bicyclic) bond motifs is 1. The first-order chi connectivity index (χ1) is 20.4. The van der Waals surface area contributed by atoms with E-state index in [1.54, 1.807) is 6.92 Å². The molecular formula is C27H23F3N4O7S2. The van der Waals surface area contributed by atoms with Crippen molar-refractivity contribution in [3.8, 4) is 5.69 Å². The van der Waals surface area contributed by atoms with E-state index in [-0.39, 0.29) is 70.5 Å². The van der Waals surface area contributed by atoms with E-state index >= 15 is 0 Å². The summed E-state index contributed by atoms with van der Waals surface area (Å²) in [6.07, 6.45) is -4.60. The molecule has 226 valence electrons. The lowest BCUT2D eigenvalue weighted by Gasteiger charge is -2.26. The maximum Gasteiger partial charge on any atom is 0.416 e. The Morgan fingerprint density at radius 2 is 1.72 bits per heavy atom. The van der Waals surface area contributed by atoms with Crippen LogP contribution in [0.4, 0.5) is 18.2 Å². The lowest BCUT2D eigenvalue weighted by molar-refractivity contribution is -0.137. The number of hydrogen-bond acceptors (Lipinski definition) is 9. The van der Waals surface area contributed by atoms with E-state index in [1.165, 1.54) is 34.0 Å². The number of nitrogens with one attached hydrogen (secondary N) is 1. The van der Waals surface area contributed by atoms with Crippen molar-refractivity contribution in [1.29, 1.82) is 0 Å². The van der Waals surface area contributed by atoms with E-state index in [4.69, 9.17) is 9.47 Å². The number of morpholine rings is 1. The second-order valence-corrected chi connectivity index (χ2v) is 12.0. The molecular weight excluding hydrogens is 613 g/mol. The maximum atomic E-state index is 13.5. The molecule has 0 spiro atoms. The highest BCUT2D eigenvalue weighted by molar-refractivity contribution is 7.89. The van der Waals surface area contributed by atoms with Gasteiger partial charge < -0.3 is 14.8 Å². The third-order valence-electron chi connectivity index (χ3n) is 6.51. The van der Waals surface area contributed by atoms with Gasteiger partial charge in [0, 0.05) is 29.4 Å². The summed E-state index contributed by atoms with van der Waals surface area (Å²) in [5.41, 5.74) is -1.98. The second-order valence-electron chi connectivity index (χ2n) is 9.18. The zero-order valence-corrected chi connectivity index (χ0v) is 24.0. The van der Waals surface area contributed by atoms with Crippen LogP contribution in [0.3, 0.4) is 0 Å². The Balaban J connectivity index is 1.50. The van der Waals surface area contributed by atoms with E-state index in [9.17, 15) is 36.0 Å². The van der Waals surface area contributed by atoms with Crippen molar-refractivity contribution in [3.63, 3.8) is 0 Å². The quantitative estimate of drug-likeness (QED) is 0.302. The van der Waals surface area contributed by atoms with Gasteiger partial charge in [-0.3, -0.25) is 9.59 Å². The monoisotopic (exact) mass is 636 g/mol. The van der Waals surface area contributed by atoms with Crippen molar-refractivity contribution in [3.05, 3.63) is 81.1 Å². The van der Waals surface area contributed by atoms with Crippen LogP contribution in [0.15, 0.2) is 63.6 Å². The Kier molecular flexibility index (Phi) is 8.38. The highest BCUT2D eigenvalue weighted by Crippen LogP contribution is 2.32. The van der Waals surface area contributed by atoms with Crippen LogP contribution < -0.4 is 10.9 Å². The topological polar surface area (TPSA) is 137 Å². The molecule has 0 bridgehead atoms. The molecule has 3 heterocycles. The van der Waals surface area contributed by atoms with Crippen LogP contribution in [0.5, 0.6) is 0 Å². The summed E-state index contributed by atoms with van der Waals surface area (Å²) in [6, 6.07) is 8.87. The number of benzene rings is 2. The van der Waals surface area contributed by atoms with Crippen LogP contribution in [0.25, 0.3) is 16.5 Å². The molecule has 5 rings (SSSR count). The van der Waals surface area contributed by atoms with E-state index in [0.29, 0.717) is 0 Å². The van der Waals surface area contributed by atoms with Crippen LogP contribution in [-0.2, 0) is 25.7 Å². The lowest BCUT2D eigenvalue weighted by Crippen LogP contribution is -2.40. The standard InChI is InChI=1S/C27H23F3N4O7S2/c1-2-41-26(37)22-20-15-42-24(21(20)25(36)34(32-22)18-7-5-17(6-8-18)27(28,29)30)31-23(35)16-3-9-19(10-4-16)43(38,39)33-11-13-40-14-12-33/h3-10,15H,2,11-14H2,1H3,(H,31,35). The Morgan fingerprint density at radius 1 is 1.07 bits per heavy atom. The summed E-state index contributed by atoms with van der Waals surface area (Å²) in [5.74, 6) is -1.55. The predicted octanol–water partition coefficient (Wildman–Crippen LogP) is 3.92. The summed E-state index contributed by atoms with van der Waals surface area (Å²) in [5, 5.41) is 8.14. The molecule has 11 nitrogen and oxygen atoms in total. The first-order valence-corrected chi connectivity index (χ1v) is 15.1. The number of rotatable bonds is 7. The number of carbonyl (C=O) groups excluding carboxylic acids is 2. The van der Waals surface area contributed by atoms with Crippen LogP contribution in [0.2, 0.25) is 0 Å². The summed E-state index contributed by atoms with van der Waals surface area (Å²) in [6.45, 7) is 2.54. The van der Waals surface area contributed by atoms with Gasteiger partial charge in [0.2, 0.25) is 10.0 Å². The molecule has 0 radical (unpaired) electrons. The largest absolute Gasteiger partial charge is 0.461 e. The minimum Gasteiger partial charge on any atom is -0.461 e. The number of thiophene rings is 1. The van der Waals surface area contributed by atoms with Crippen LogP contribution >= 0.6 is 11.3 Å². The summed E-state index contributed by atoms with van der Waals surface area (Å²) in [7, 11) is -3.78. The summed E-state index contributed by atoms with van der Waals surface area (Å²) in [4.78, 5) is 39.4. The molecule has 0 saturated carbocycles. The first-order valence-electron chi connectivity index (χ1n) is 12.8. The fourth-order valence-corrected chi connectivity index (χ4v) is 6.69. The molecule has 2 aromatic heterocycles. The van der Waals surface area contributed by atoms with Gasteiger partial charge in [-0.1, -0.05) is 0 Å². The third kappa shape index (κ3) is 6.04. The van der Waals surface area contributed by atoms with Gasteiger partial charge in [0.15, 0.2) is 5.69 Å². The molecule has 0 unspecified atom stereocenters. The van der Waals surface area contributed by atoms with Gasteiger partial charge in [-0.2, -0.15) is 27.3 Å². The Hall–Kier alpha value is -4.12. The molecule has 0 atom stereocenters. The Labute approximate surface area is 246 Å². The minimum absolute atomic E-state index is 0.00268. The summed E-state index contributed by atoms with van der Waals surface area (Å²) < 4.78 is 77.4. The van der Waals surface area contributed by atoms with Crippen LogP contribution in [-0.4, -0.2) is 67.3 Å². The smallest absolute Gasteiger partial charge is 0.416 e. The van der Waals surface area contributed by atoms with Gasteiger partial charge in [-0.05, 0) is 55.5 Å². The average Bonchev–Trinajstić information content (AvgIpc) is 3.41. The Bertz CT molecular complexity index is 1850. The Morgan fingerprint density at radius 3 is 2.33 bits per heavy atom. The highest BCUT2D eigenvalue weighted by atomic mass is 32.2. The molecule has 16 heteroatoms. The number of sulfonamides is 1. The van der Waals surface area contributed by atoms with Crippen molar-refractivity contribution in [2.75, 3.05) is 38.2 Å². The molecule has 1 N–H and O–H groups in total. The molecule has 1 saturated heterocycles. The second kappa shape index (κ2) is 11.9. The number of ether oxygens (including phenoxy) is 2.